The Morgan fingerprint density at radius 2 is 2.05 bits per heavy atom. The summed E-state index contributed by atoms with van der Waals surface area (Å²) >= 11 is 1.76. The molecular weight excluding hydrogens is 278 g/mol. The van der Waals surface area contributed by atoms with Crippen LogP contribution in [0, 0.1) is 0 Å². The predicted octanol–water partition coefficient (Wildman–Crippen LogP) is 3.36. The molecule has 0 spiro atoms. The van der Waals surface area contributed by atoms with Gasteiger partial charge in [-0.15, -0.1) is 11.3 Å². The standard InChI is InChI=1S/C17H21N3S/c1-3-13-6-8-14(9-7-13)17(2)12-19-16(18)20(17)11-15-5-4-10-21-15/h4-10H,3,11-12H2,1-2H3,(H2,18,19). The summed E-state index contributed by atoms with van der Waals surface area (Å²) in [6.45, 7) is 5.94. The second-order valence-corrected chi connectivity index (χ2v) is 6.70. The van der Waals surface area contributed by atoms with Gasteiger partial charge in [0.1, 0.15) is 0 Å². The Balaban J connectivity index is 1.90. The molecule has 3 rings (SSSR count). The lowest BCUT2D eigenvalue weighted by Crippen LogP contribution is -2.46. The molecule has 3 nitrogen and oxygen atoms in total. The van der Waals surface area contributed by atoms with Crippen molar-refractivity contribution >= 4 is 17.3 Å². The lowest BCUT2D eigenvalue weighted by molar-refractivity contribution is 0.219. The van der Waals surface area contributed by atoms with Crippen LogP contribution in [0.4, 0.5) is 0 Å². The Hall–Kier alpha value is -1.81. The zero-order valence-electron chi connectivity index (χ0n) is 12.5. The summed E-state index contributed by atoms with van der Waals surface area (Å²) in [6, 6.07) is 13.1. The zero-order valence-corrected chi connectivity index (χ0v) is 13.4. The summed E-state index contributed by atoms with van der Waals surface area (Å²) < 4.78 is 0. The van der Waals surface area contributed by atoms with Crippen LogP contribution >= 0.6 is 11.3 Å². The van der Waals surface area contributed by atoms with Crippen LogP contribution in [0.25, 0.3) is 0 Å². The fourth-order valence-corrected chi connectivity index (χ4v) is 3.51. The van der Waals surface area contributed by atoms with Crippen molar-refractivity contribution in [2.24, 2.45) is 10.7 Å². The Kier molecular flexibility index (Phi) is 3.72. The van der Waals surface area contributed by atoms with E-state index in [1.165, 1.54) is 16.0 Å². The molecule has 0 amide bonds. The SMILES string of the molecule is CCc1ccc(C2(C)CN=C(N)N2Cc2cccs2)cc1. The van der Waals surface area contributed by atoms with E-state index in [9.17, 15) is 0 Å². The summed E-state index contributed by atoms with van der Waals surface area (Å²) in [6.07, 6.45) is 1.06. The summed E-state index contributed by atoms with van der Waals surface area (Å²) in [5.74, 6) is 0.644. The molecule has 2 aromatic rings. The third-order valence-electron chi connectivity index (χ3n) is 4.30. The fourth-order valence-electron chi connectivity index (χ4n) is 2.82. The molecule has 4 heteroatoms. The minimum Gasteiger partial charge on any atom is -0.370 e. The number of aryl methyl sites for hydroxylation is 1. The Bertz CT molecular complexity index is 631. The van der Waals surface area contributed by atoms with Crippen LogP contribution in [0.2, 0.25) is 0 Å². The van der Waals surface area contributed by atoms with E-state index in [4.69, 9.17) is 5.73 Å². The molecule has 1 aliphatic heterocycles. The van der Waals surface area contributed by atoms with Gasteiger partial charge >= 0.3 is 0 Å². The number of hydrogen-bond donors (Lipinski definition) is 1. The maximum absolute atomic E-state index is 6.15. The number of guanidine groups is 1. The molecule has 1 aliphatic rings. The first-order chi connectivity index (χ1) is 10.1. The van der Waals surface area contributed by atoms with Crippen LogP contribution in [-0.4, -0.2) is 17.4 Å². The van der Waals surface area contributed by atoms with Gasteiger partial charge in [-0.3, -0.25) is 4.99 Å². The van der Waals surface area contributed by atoms with E-state index in [2.05, 4.69) is 65.5 Å². The predicted molar refractivity (Wildman–Crippen MR) is 89.5 cm³/mol. The Labute approximate surface area is 130 Å². The van der Waals surface area contributed by atoms with E-state index in [1.807, 2.05) is 0 Å². The molecule has 0 saturated heterocycles. The largest absolute Gasteiger partial charge is 0.370 e. The van der Waals surface area contributed by atoms with E-state index in [0.717, 1.165) is 19.5 Å². The van der Waals surface area contributed by atoms with Gasteiger partial charge in [0, 0.05) is 4.88 Å². The van der Waals surface area contributed by atoms with E-state index >= 15 is 0 Å². The number of rotatable bonds is 4. The average Bonchev–Trinajstić information content (AvgIpc) is 3.12. The Morgan fingerprint density at radius 1 is 1.29 bits per heavy atom. The lowest BCUT2D eigenvalue weighted by atomic mass is 9.90. The van der Waals surface area contributed by atoms with Gasteiger partial charge in [0.2, 0.25) is 0 Å². The molecule has 0 bridgehead atoms. The first-order valence-corrected chi connectivity index (χ1v) is 8.21. The third kappa shape index (κ3) is 2.56. The molecule has 2 N–H and O–H groups in total. The van der Waals surface area contributed by atoms with E-state index in [-0.39, 0.29) is 5.54 Å². The van der Waals surface area contributed by atoms with Gasteiger partial charge in [0.15, 0.2) is 5.96 Å². The topological polar surface area (TPSA) is 41.6 Å². The normalized spacial score (nSPS) is 21.6. The van der Waals surface area contributed by atoms with Crippen molar-refractivity contribution in [1.82, 2.24) is 4.90 Å². The fraction of sp³-hybridized carbons (Fsp3) is 0.353. The van der Waals surface area contributed by atoms with Crippen LogP contribution in [0.1, 0.15) is 29.9 Å². The van der Waals surface area contributed by atoms with Crippen LogP contribution < -0.4 is 5.73 Å². The number of aliphatic imine (C=N–C) groups is 1. The van der Waals surface area contributed by atoms with Crippen molar-refractivity contribution in [3.8, 4) is 0 Å². The number of benzene rings is 1. The van der Waals surface area contributed by atoms with E-state index < -0.39 is 0 Å². The Morgan fingerprint density at radius 3 is 2.67 bits per heavy atom. The van der Waals surface area contributed by atoms with Crippen LogP contribution in [0.5, 0.6) is 0 Å². The zero-order chi connectivity index (χ0) is 14.9. The molecule has 0 aliphatic carbocycles. The summed E-state index contributed by atoms with van der Waals surface area (Å²) in [4.78, 5) is 8.03. The number of nitrogens with zero attached hydrogens (tertiary/aromatic N) is 2. The van der Waals surface area contributed by atoms with Gasteiger partial charge in [-0.2, -0.15) is 0 Å². The first-order valence-electron chi connectivity index (χ1n) is 7.33. The monoisotopic (exact) mass is 299 g/mol. The van der Waals surface area contributed by atoms with Gasteiger partial charge in [-0.1, -0.05) is 37.3 Å². The lowest BCUT2D eigenvalue weighted by Gasteiger charge is -2.36. The molecule has 1 aromatic carbocycles. The smallest absolute Gasteiger partial charge is 0.192 e. The average molecular weight is 299 g/mol. The third-order valence-corrected chi connectivity index (χ3v) is 5.16. The molecule has 1 unspecified atom stereocenters. The van der Waals surface area contributed by atoms with Crippen molar-refractivity contribution < 1.29 is 0 Å². The van der Waals surface area contributed by atoms with Crippen molar-refractivity contribution in [3.63, 3.8) is 0 Å². The maximum Gasteiger partial charge on any atom is 0.192 e. The van der Waals surface area contributed by atoms with Gasteiger partial charge < -0.3 is 10.6 Å². The van der Waals surface area contributed by atoms with Crippen LogP contribution in [-0.2, 0) is 18.5 Å². The maximum atomic E-state index is 6.15. The highest BCUT2D eigenvalue weighted by Gasteiger charge is 2.39. The summed E-state index contributed by atoms with van der Waals surface area (Å²) in [5, 5.41) is 2.10. The van der Waals surface area contributed by atoms with Gasteiger partial charge in [-0.25, -0.2) is 0 Å². The molecule has 110 valence electrons. The molecule has 21 heavy (non-hydrogen) atoms. The minimum atomic E-state index is -0.152. The van der Waals surface area contributed by atoms with Crippen molar-refractivity contribution in [2.45, 2.75) is 32.4 Å². The van der Waals surface area contributed by atoms with Crippen LogP contribution in [0.15, 0.2) is 46.8 Å². The van der Waals surface area contributed by atoms with E-state index in [0.29, 0.717) is 5.96 Å². The second-order valence-electron chi connectivity index (χ2n) is 5.66. The number of thiophene rings is 1. The summed E-state index contributed by atoms with van der Waals surface area (Å²) in [7, 11) is 0. The number of nitrogens with two attached hydrogens (primary N) is 1. The van der Waals surface area contributed by atoms with E-state index in [1.54, 1.807) is 11.3 Å². The van der Waals surface area contributed by atoms with Gasteiger partial charge in [0.25, 0.3) is 0 Å². The molecular formula is C17H21N3S. The highest BCUT2D eigenvalue weighted by Crippen LogP contribution is 2.34. The number of hydrogen-bond acceptors (Lipinski definition) is 4. The molecule has 1 aromatic heterocycles. The van der Waals surface area contributed by atoms with Gasteiger partial charge in [-0.05, 0) is 35.9 Å². The molecule has 1 atom stereocenters. The molecule has 0 saturated carbocycles. The molecule has 0 fully saturated rings. The molecule has 2 heterocycles. The minimum absolute atomic E-state index is 0.152. The van der Waals surface area contributed by atoms with Crippen molar-refractivity contribution in [3.05, 3.63) is 57.8 Å². The van der Waals surface area contributed by atoms with Crippen molar-refractivity contribution in [1.29, 1.82) is 0 Å². The van der Waals surface area contributed by atoms with Gasteiger partial charge in [0.05, 0.1) is 18.6 Å². The van der Waals surface area contributed by atoms with Crippen molar-refractivity contribution in [2.75, 3.05) is 6.54 Å². The highest BCUT2D eigenvalue weighted by atomic mass is 32.1. The molecule has 0 radical (unpaired) electrons. The second kappa shape index (κ2) is 5.53. The summed E-state index contributed by atoms with van der Waals surface area (Å²) in [5.41, 5.74) is 8.63. The highest BCUT2D eigenvalue weighted by molar-refractivity contribution is 7.09. The van der Waals surface area contributed by atoms with Crippen LogP contribution in [0.3, 0.4) is 0 Å². The quantitative estimate of drug-likeness (QED) is 0.940. The first kappa shape index (κ1) is 14.1.